The molecular formula is C13H22N4O2. The maximum atomic E-state index is 12.0. The van der Waals surface area contributed by atoms with E-state index in [1.165, 1.54) is 0 Å². The summed E-state index contributed by atoms with van der Waals surface area (Å²) in [5.41, 5.74) is 7.40. The van der Waals surface area contributed by atoms with Gasteiger partial charge < -0.3 is 16.2 Å². The first-order valence-electron chi connectivity index (χ1n) is 6.79. The normalized spacial score (nSPS) is 22.9. The van der Waals surface area contributed by atoms with Crippen molar-refractivity contribution in [3.05, 3.63) is 11.4 Å². The largest absolute Gasteiger partial charge is 0.395 e. The number of anilines is 1. The molecule has 1 aliphatic carbocycles. The Morgan fingerprint density at radius 3 is 2.84 bits per heavy atom. The van der Waals surface area contributed by atoms with Gasteiger partial charge in [-0.1, -0.05) is 13.8 Å². The van der Waals surface area contributed by atoms with E-state index in [2.05, 4.69) is 15.5 Å². The van der Waals surface area contributed by atoms with Crippen molar-refractivity contribution < 1.29 is 9.90 Å². The summed E-state index contributed by atoms with van der Waals surface area (Å²) in [5.74, 6) is 0.310. The molecule has 1 heterocycles. The average molecular weight is 266 g/mol. The van der Waals surface area contributed by atoms with Gasteiger partial charge in [0.15, 0.2) is 5.69 Å². The van der Waals surface area contributed by atoms with Crippen LogP contribution in [0, 0.1) is 5.92 Å². The summed E-state index contributed by atoms with van der Waals surface area (Å²) in [5, 5.41) is 19.1. The van der Waals surface area contributed by atoms with Crippen molar-refractivity contribution in [2.75, 3.05) is 12.3 Å². The average Bonchev–Trinajstić information content (AvgIpc) is 2.92. The van der Waals surface area contributed by atoms with E-state index in [9.17, 15) is 9.90 Å². The highest BCUT2D eigenvalue weighted by Gasteiger charge is 2.24. The van der Waals surface area contributed by atoms with Crippen LogP contribution < -0.4 is 11.1 Å². The summed E-state index contributed by atoms with van der Waals surface area (Å²) in [6.07, 6.45) is 2.31. The van der Waals surface area contributed by atoms with E-state index in [1.54, 1.807) is 0 Å². The van der Waals surface area contributed by atoms with Crippen LogP contribution >= 0.6 is 0 Å². The predicted octanol–water partition coefficient (Wildman–Crippen LogP) is 1.01. The third kappa shape index (κ3) is 3.07. The summed E-state index contributed by atoms with van der Waals surface area (Å²) in [6.45, 7) is 4.55. The van der Waals surface area contributed by atoms with Crippen LogP contribution in [-0.4, -0.2) is 33.9 Å². The fourth-order valence-corrected chi connectivity index (χ4v) is 2.53. The van der Waals surface area contributed by atoms with Gasteiger partial charge in [-0.3, -0.25) is 9.89 Å². The molecule has 5 N–H and O–H groups in total. The second kappa shape index (κ2) is 5.61. The van der Waals surface area contributed by atoms with Crippen LogP contribution in [0.5, 0.6) is 0 Å². The summed E-state index contributed by atoms with van der Waals surface area (Å²) in [6, 6.07) is 0. The molecule has 106 valence electrons. The lowest BCUT2D eigenvalue weighted by Gasteiger charge is -2.10. The molecule has 0 saturated heterocycles. The third-order valence-electron chi connectivity index (χ3n) is 3.69. The van der Waals surface area contributed by atoms with Crippen LogP contribution in [0.4, 0.5) is 5.69 Å². The van der Waals surface area contributed by atoms with Gasteiger partial charge in [-0.15, -0.1) is 0 Å². The molecule has 0 aliphatic heterocycles. The highest BCUT2D eigenvalue weighted by atomic mass is 16.3. The van der Waals surface area contributed by atoms with Crippen LogP contribution in [0.2, 0.25) is 0 Å². The maximum Gasteiger partial charge on any atom is 0.273 e. The van der Waals surface area contributed by atoms with Crippen molar-refractivity contribution in [1.82, 2.24) is 15.5 Å². The minimum Gasteiger partial charge on any atom is -0.395 e. The third-order valence-corrected chi connectivity index (χ3v) is 3.69. The summed E-state index contributed by atoms with van der Waals surface area (Å²) in [4.78, 5) is 12.0. The molecule has 0 radical (unpaired) electrons. The van der Waals surface area contributed by atoms with Crippen molar-refractivity contribution in [3.63, 3.8) is 0 Å². The smallest absolute Gasteiger partial charge is 0.273 e. The molecule has 0 aromatic carbocycles. The summed E-state index contributed by atoms with van der Waals surface area (Å²) >= 11 is 0. The number of nitrogens with two attached hydrogens (primary N) is 1. The number of carbonyl (C=O) groups excluding carboxylic acids is 1. The van der Waals surface area contributed by atoms with E-state index in [-0.39, 0.29) is 23.6 Å². The number of aliphatic hydroxyl groups excluding tert-OH is 1. The standard InChI is InChI=1S/C13H22N4O2/c1-7(2)11-10(14)12(17-16-11)13(19)15-6-8-3-4-9(18)5-8/h7-9,18H,3-6,14H2,1-2H3,(H,15,19)(H,16,17). The van der Waals surface area contributed by atoms with E-state index in [0.29, 0.717) is 18.2 Å². The molecule has 6 heteroatoms. The lowest BCUT2D eigenvalue weighted by molar-refractivity contribution is 0.0941. The zero-order chi connectivity index (χ0) is 14.0. The number of rotatable bonds is 4. The minimum atomic E-state index is -0.248. The van der Waals surface area contributed by atoms with Crippen molar-refractivity contribution in [1.29, 1.82) is 0 Å². The molecule has 1 aromatic rings. The summed E-state index contributed by atoms with van der Waals surface area (Å²) in [7, 11) is 0. The maximum absolute atomic E-state index is 12.0. The zero-order valence-corrected chi connectivity index (χ0v) is 11.4. The van der Waals surface area contributed by atoms with Gasteiger partial charge in [0.25, 0.3) is 5.91 Å². The van der Waals surface area contributed by atoms with Crippen LogP contribution in [0.15, 0.2) is 0 Å². The number of aliphatic hydroxyl groups is 1. The molecule has 1 saturated carbocycles. The zero-order valence-electron chi connectivity index (χ0n) is 11.4. The molecule has 0 bridgehead atoms. The Morgan fingerprint density at radius 2 is 2.32 bits per heavy atom. The van der Waals surface area contributed by atoms with Crippen molar-refractivity contribution in [3.8, 4) is 0 Å². The molecule has 1 fully saturated rings. The molecule has 2 atom stereocenters. The number of carbonyl (C=O) groups is 1. The number of hydrogen-bond donors (Lipinski definition) is 4. The van der Waals surface area contributed by atoms with E-state index >= 15 is 0 Å². The molecule has 0 spiro atoms. The second-order valence-electron chi connectivity index (χ2n) is 5.60. The first-order valence-corrected chi connectivity index (χ1v) is 6.79. The molecule has 1 aromatic heterocycles. The van der Waals surface area contributed by atoms with Crippen LogP contribution in [-0.2, 0) is 0 Å². The lowest BCUT2D eigenvalue weighted by atomic mass is 10.1. The first-order chi connectivity index (χ1) is 8.99. The molecular weight excluding hydrogens is 244 g/mol. The van der Waals surface area contributed by atoms with Crippen molar-refractivity contribution >= 4 is 11.6 Å². The van der Waals surface area contributed by atoms with Crippen LogP contribution in [0.1, 0.15) is 55.2 Å². The number of hydrogen-bond acceptors (Lipinski definition) is 4. The van der Waals surface area contributed by atoms with Gasteiger partial charge in [-0.2, -0.15) is 5.10 Å². The van der Waals surface area contributed by atoms with Gasteiger partial charge in [0.2, 0.25) is 0 Å². The van der Waals surface area contributed by atoms with Gasteiger partial charge in [-0.25, -0.2) is 0 Å². The number of H-pyrrole nitrogens is 1. The SMILES string of the molecule is CC(C)c1[nH]nc(C(=O)NCC2CCC(O)C2)c1N. The molecule has 1 amide bonds. The Hall–Kier alpha value is -1.56. The number of nitrogens with one attached hydrogen (secondary N) is 2. The van der Waals surface area contributed by atoms with E-state index in [1.807, 2.05) is 13.8 Å². The topological polar surface area (TPSA) is 104 Å². The summed E-state index contributed by atoms with van der Waals surface area (Å²) < 4.78 is 0. The molecule has 2 rings (SSSR count). The Labute approximate surface area is 112 Å². The van der Waals surface area contributed by atoms with Crippen LogP contribution in [0.3, 0.4) is 0 Å². The quantitative estimate of drug-likeness (QED) is 0.652. The Kier molecular flexibility index (Phi) is 4.09. The van der Waals surface area contributed by atoms with E-state index in [0.717, 1.165) is 25.0 Å². The Balaban J connectivity index is 1.93. The number of aromatic amines is 1. The highest BCUT2D eigenvalue weighted by Crippen LogP contribution is 2.25. The number of nitrogens with zero attached hydrogens (tertiary/aromatic N) is 1. The first kappa shape index (κ1) is 13.9. The lowest BCUT2D eigenvalue weighted by Crippen LogP contribution is -2.29. The van der Waals surface area contributed by atoms with Gasteiger partial charge in [0.1, 0.15) is 0 Å². The highest BCUT2D eigenvalue weighted by molar-refractivity contribution is 5.97. The van der Waals surface area contributed by atoms with Gasteiger partial charge in [-0.05, 0) is 31.1 Å². The fraction of sp³-hybridized carbons (Fsp3) is 0.692. The Morgan fingerprint density at radius 1 is 1.58 bits per heavy atom. The van der Waals surface area contributed by atoms with E-state index < -0.39 is 0 Å². The number of nitrogen functional groups attached to an aromatic ring is 1. The number of amides is 1. The minimum absolute atomic E-state index is 0.207. The van der Waals surface area contributed by atoms with Gasteiger partial charge in [0, 0.05) is 6.54 Å². The van der Waals surface area contributed by atoms with Crippen molar-refractivity contribution in [2.24, 2.45) is 5.92 Å². The monoisotopic (exact) mass is 266 g/mol. The molecule has 6 nitrogen and oxygen atoms in total. The number of aromatic nitrogens is 2. The second-order valence-corrected chi connectivity index (χ2v) is 5.60. The van der Waals surface area contributed by atoms with Crippen LogP contribution in [0.25, 0.3) is 0 Å². The van der Waals surface area contributed by atoms with Gasteiger partial charge in [0.05, 0.1) is 17.5 Å². The molecule has 2 unspecified atom stereocenters. The predicted molar refractivity (Wildman–Crippen MR) is 72.8 cm³/mol. The van der Waals surface area contributed by atoms with Gasteiger partial charge >= 0.3 is 0 Å². The Bertz CT molecular complexity index is 455. The van der Waals surface area contributed by atoms with E-state index in [4.69, 9.17) is 5.73 Å². The molecule has 1 aliphatic rings. The fourth-order valence-electron chi connectivity index (χ4n) is 2.53. The van der Waals surface area contributed by atoms with Crippen molar-refractivity contribution in [2.45, 2.75) is 45.1 Å². The molecule has 19 heavy (non-hydrogen) atoms.